The predicted octanol–water partition coefficient (Wildman–Crippen LogP) is 1.94. The first kappa shape index (κ1) is 17.8. The molecule has 7 heteroatoms. The number of nitrogens with zero attached hydrogens (tertiary/aromatic N) is 1. The number of amides is 2. The molecule has 0 aromatic carbocycles. The summed E-state index contributed by atoms with van der Waals surface area (Å²) in [4.78, 5) is 35.5. The lowest BCUT2D eigenvalue weighted by Crippen LogP contribution is -2.35. The Hall–Kier alpha value is -1.24. The average molecular weight is 316 g/mol. The van der Waals surface area contributed by atoms with Crippen molar-refractivity contribution in [2.45, 2.75) is 45.6 Å². The zero-order valence-electron chi connectivity index (χ0n) is 12.6. The van der Waals surface area contributed by atoms with Crippen LogP contribution in [0, 0.1) is 5.92 Å². The van der Waals surface area contributed by atoms with Gasteiger partial charge < -0.3 is 15.3 Å². The summed E-state index contributed by atoms with van der Waals surface area (Å²) in [6.07, 6.45) is 2.48. The fraction of sp³-hybridized carbons (Fsp3) is 0.786. The van der Waals surface area contributed by atoms with Gasteiger partial charge in [0.2, 0.25) is 5.91 Å². The van der Waals surface area contributed by atoms with E-state index in [2.05, 4.69) is 5.32 Å². The van der Waals surface area contributed by atoms with Gasteiger partial charge in [-0.05, 0) is 19.8 Å². The van der Waals surface area contributed by atoms with E-state index in [0.717, 1.165) is 25.1 Å². The van der Waals surface area contributed by atoms with Crippen LogP contribution in [-0.4, -0.2) is 52.0 Å². The molecule has 1 heterocycles. The summed E-state index contributed by atoms with van der Waals surface area (Å²) >= 11 is 1.29. The van der Waals surface area contributed by atoms with Gasteiger partial charge in [0, 0.05) is 31.3 Å². The molecule has 0 aliphatic carbocycles. The van der Waals surface area contributed by atoms with Gasteiger partial charge in [-0.1, -0.05) is 25.1 Å². The Labute approximate surface area is 129 Å². The third kappa shape index (κ3) is 6.84. The Balaban J connectivity index is 2.12. The smallest absolute Gasteiger partial charge is 0.306 e. The van der Waals surface area contributed by atoms with Crippen molar-refractivity contribution >= 4 is 28.9 Å². The summed E-state index contributed by atoms with van der Waals surface area (Å²) in [6.45, 7) is 4.80. The molecule has 0 bridgehead atoms. The van der Waals surface area contributed by atoms with E-state index < -0.39 is 5.97 Å². The average Bonchev–Trinajstić information content (AvgIpc) is 2.81. The minimum atomic E-state index is -0.778. The Morgan fingerprint density at radius 3 is 2.67 bits per heavy atom. The lowest BCUT2D eigenvalue weighted by molar-refractivity contribution is -0.141. The molecule has 0 saturated carbocycles. The van der Waals surface area contributed by atoms with Crippen LogP contribution in [0.3, 0.4) is 0 Å². The number of hydrogen-bond donors (Lipinski definition) is 2. The van der Waals surface area contributed by atoms with E-state index in [-0.39, 0.29) is 23.1 Å². The number of hydrogen-bond acceptors (Lipinski definition) is 4. The quantitative estimate of drug-likeness (QED) is 0.679. The molecule has 120 valence electrons. The van der Waals surface area contributed by atoms with Gasteiger partial charge in [-0.2, -0.15) is 0 Å². The highest BCUT2D eigenvalue weighted by atomic mass is 32.2. The van der Waals surface area contributed by atoms with Crippen molar-refractivity contribution in [1.29, 1.82) is 0 Å². The topological polar surface area (TPSA) is 86.7 Å². The van der Waals surface area contributed by atoms with Gasteiger partial charge in [0.1, 0.15) is 0 Å². The van der Waals surface area contributed by atoms with Gasteiger partial charge in [0.15, 0.2) is 0 Å². The summed E-state index contributed by atoms with van der Waals surface area (Å²) in [7, 11) is 0. The van der Waals surface area contributed by atoms with E-state index in [1.165, 1.54) is 11.8 Å². The highest BCUT2D eigenvalue weighted by molar-refractivity contribution is 8.13. The number of carbonyl (C=O) groups is 3. The lowest BCUT2D eigenvalue weighted by atomic mass is 10.0. The molecule has 2 N–H and O–H groups in total. The van der Waals surface area contributed by atoms with E-state index in [1.807, 2.05) is 6.92 Å². The third-order valence-electron chi connectivity index (χ3n) is 3.56. The van der Waals surface area contributed by atoms with Crippen molar-refractivity contribution in [3.8, 4) is 0 Å². The first-order chi connectivity index (χ1) is 9.90. The second-order valence-corrected chi connectivity index (χ2v) is 6.54. The van der Waals surface area contributed by atoms with E-state index in [1.54, 1.807) is 11.8 Å². The normalized spacial score (nSPS) is 17.6. The number of carboxylic acids is 1. The lowest BCUT2D eigenvalue weighted by Gasteiger charge is -2.17. The standard InChI is InChI=1S/C14H24N2O4S/c1-10(13(18)19)4-3-5-11(2)15-12(17)6-7-16-8-9-21-14(16)20/h10-11H,3-9H2,1-2H3,(H,15,17)(H,18,19). The van der Waals surface area contributed by atoms with E-state index in [0.29, 0.717) is 19.4 Å². The van der Waals surface area contributed by atoms with Crippen LogP contribution in [0.4, 0.5) is 4.79 Å². The number of carbonyl (C=O) groups excluding carboxylic acids is 2. The van der Waals surface area contributed by atoms with Crippen molar-refractivity contribution in [3.63, 3.8) is 0 Å². The van der Waals surface area contributed by atoms with Crippen molar-refractivity contribution in [2.75, 3.05) is 18.8 Å². The van der Waals surface area contributed by atoms with Gasteiger partial charge in [-0.3, -0.25) is 14.4 Å². The number of rotatable bonds is 9. The fourth-order valence-electron chi connectivity index (χ4n) is 2.14. The van der Waals surface area contributed by atoms with Crippen LogP contribution >= 0.6 is 11.8 Å². The van der Waals surface area contributed by atoms with Crippen LogP contribution in [0.1, 0.15) is 39.5 Å². The van der Waals surface area contributed by atoms with Crippen LogP contribution in [0.2, 0.25) is 0 Å². The van der Waals surface area contributed by atoms with E-state index in [9.17, 15) is 14.4 Å². The molecule has 0 spiro atoms. The zero-order valence-corrected chi connectivity index (χ0v) is 13.4. The number of nitrogens with one attached hydrogen (secondary N) is 1. The maximum atomic E-state index is 11.8. The van der Waals surface area contributed by atoms with Gasteiger partial charge in [-0.25, -0.2) is 0 Å². The first-order valence-electron chi connectivity index (χ1n) is 7.34. The molecule has 0 aromatic rings. The zero-order chi connectivity index (χ0) is 15.8. The van der Waals surface area contributed by atoms with Gasteiger partial charge in [0.25, 0.3) is 5.24 Å². The second-order valence-electron chi connectivity index (χ2n) is 5.49. The summed E-state index contributed by atoms with van der Waals surface area (Å²) in [6, 6.07) is 0.0298. The van der Waals surface area contributed by atoms with Crippen LogP contribution in [0.5, 0.6) is 0 Å². The summed E-state index contributed by atoms with van der Waals surface area (Å²) in [5, 5.41) is 11.7. The van der Waals surface area contributed by atoms with Gasteiger partial charge >= 0.3 is 5.97 Å². The molecule has 1 aliphatic rings. The first-order valence-corrected chi connectivity index (χ1v) is 8.32. The Kier molecular flexibility index (Phi) is 7.56. The molecule has 2 atom stereocenters. The van der Waals surface area contributed by atoms with Crippen molar-refractivity contribution < 1.29 is 19.5 Å². The van der Waals surface area contributed by atoms with Crippen LogP contribution in [0.25, 0.3) is 0 Å². The molecular formula is C14H24N2O4S. The maximum Gasteiger partial charge on any atom is 0.306 e. The fourth-order valence-corrected chi connectivity index (χ4v) is 2.99. The molecule has 1 aliphatic heterocycles. The van der Waals surface area contributed by atoms with Gasteiger partial charge in [0.05, 0.1) is 5.92 Å². The molecule has 2 unspecified atom stereocenters. The SMILES string of the molecule is CC(CCCC(C)C(=O)O)NC(=O)CCN1CCSC1=O. The predicted molar refractivity (Wildman–Crippen MR) is 82.3 cm³/mol. The molecule has 1 rings (SSSR count). The number of thioether (sulfide) groups is 1. The summed E-state index contributed by atoms with van der Waals surface area (Å²) in [5.41, 5.74) is 0. The molecule has 1 saturated heterocycles. The van der Waals surface area contributed by atoms with Crippen LogP contribution in [-0.2, 0) is 9.59 Å². The van der Waals surface area contributed by atoms with E-state index >= 15 is 0 Å². The maximum absolute atomic E-state index is 11.8. The molecule has 0 aromatic heterocycles. The highest BCUT2D eigenvalue weighted by Crippen LogP contribution is 2.17. The molecule has 21 heavy (non-hydrogen) atoms. The number of carboxylic acid groups (broad SMARTS) is 1. The number of aliphatic carboxylic acids is 1. The summed E-state index contributed by atoms with van der Waals surface area (Å²) < 4.78 is 0. The highest BCUT2D eigenvalue weighted by Gasteiger charge is 2.21. The Morgan fingerprint density at radius 1 is 1.38 bits per heavy atom. The monoisotopic (exact) mass is 316 g/mol. The molecular weight excluding hydrogens is 292 g/mol. The Bertz CT molecular complexity index is 389. The third-order valence-corrected chi connectivity index (χ3v) is 4.45. The van der Waals surface area contributed by atoms with Crippen LogP contribution < -0.4 is 5.32 Å². The van der Waals surface area contributed by atoms with Crippen molar-refractivity contribution in [1.82, 2.24) is 10.2 Å². The van der Waals surface area contributed by atoms with Gasteiger partial charge in [-0.15, -0.1) is 0 Å². The second kappa shape index (κ2) is 8.92. The molecule has 0 radical (unpaired) electrons. The molecule has 2 amide bonds. The summed E-state index contributed by atoms with van der Waals surface area (Å²) in [5.74, 6) is -0.372. The van der Waals surface area contributed by atoms with Crippen molar-refractivity contribution in [3.05, 3.63) is 0 Å². The van der Waals surface area contributed by atoms with Crippen LogP contribution in [0.15, 0.2) is 0 Å². The van der Waals surface area contributed by atoms with E-state index in [4.69, 9.17) is 5.11 Å². The largest absolute Gasteiger partial charge is 0.481 e. The molecule has 1 fully saturated rings. The minimum absolute atomic E-state index is 0.0298. The van der Waals surface area contributed by atoms with Crippen molar-refractivity contribution in [2.24, 2.45) is 5.92 Å². The molecule has 6 nitrogen and oxygen atoms in total. The Morgan fingerprint density at radius 2 is 2.10 bits per heavy atom. The minimum Gasteiger partial charge on any atom is -0.481 e.